The van der Waals surface area contributed by atoms with Crippen LogP contribution in [0.2, 0.25) is 0 Å². The molecule has 0 aliphatic carbocycles. The third-order valence-corrected chi connectivity index (χ3v) is 3.11. The van der Waals surface area contributed by atoms with Gasteiger partial charge in [-0.3, -0.25) is 4.98 Å². The second-order valence-corrected chi connectivity index (χ2v) is 4.46. The molecular formula is C15H18N4O2. The van der Waals surface area contributed by atoms with Crippen LogP contribution in [0.5, 0.6) is 0 Å². The Balaban J connectivity index is 2.28. The van der Waals surface area contributed by atoms with E-state index in [0.717, 1.165) is 12.2 Å². The van der Waals surface area contributed by atoms with E-state index in [1.54, 1.807) is 12.3 Å². The number of hydrogen-bond donors (Lipinski definition) is 1. The van der Waals surface area contributed by atoms with Gasteiger partial charge >= 0.3 is 5.97 Å². The van der Waals surface area contributed by atoms with Crippen LogP contribution in [0.15, 0.2) is 36.7 Å². The first kappa shape index (κ1) is 14.8. The standard InChI is InChI=1S/C15H18N4O2/c1-3-19(10-11-6-4-5-7-17-11)14-8-12(15(20)21-2)13(16)9-18-14/h4-9H,3,10,16H2,1-2H3. The fourth-order valence-electron chi connectivity index (χ4n) is 1.96. The van der Waals surface area contributed by atoms with Crippen molar-refractivity contribution in [2.45, 2.75) is 13.5 Å². The monoisotopic (exact) mass is 286 g/mol. The van der Waals surface area contributed by atoms with Gasteiger partial charge in [0.25, 0.3) is 0 Å². The topological polar surface area (TPSA) is 81.3 Å². The first-order valence-electron chi connectivity index (χ1n) is 6.64. The summed E-state index contributed by atoms with van der Waals surface area (Å²) in [5.41, 5.74) is 7.32. The maximum atomic E-state index is 11.7. The highest BCUT2D eigenvalue weighted by Crippen LogP contribution is 2.20. The zero-order chi connectivity index (χ0) is 15.2. The first-order chi connectivity index (χ1) is 10.2. The van der Waals surface area contributed by atoms with Crippen LogP contribution in [0.25, 0.3) is 0 Å². The van der Waals surface area contributed by atoms with E-state index in [2.05, 4.69) is 9.97 Å². The van der Waals surface area contributed by atoms with Gasteiger partial charge in [-0.15, -0.1) is 0 Å². The van der Waals surface area contributed by atoms with E-state index in [-0.39, 0.29) is 0 Å². The Morgan fingerprint density at radius 3 is 2.81 bits per heavy atom. The summed E-state index contributed by atoms with van der Waals surface area (Å²) >= 11 is 0. The van der Waals surface area contributed by atoms with Crippen LogP contribution in [0.4, 0.5) is 11.5 Å². The fourth-order valence-corrected chi connectivity index (χ4v) is 1.96. The number of pyridine rings is 2. The molecule has 0 saturated heterocycles. The summed E-state index contributed by atoms with van der Waals surface area (Å²) in [6.45, 7) is 3.35. The molecule has 2 aromatic heterocycles. The summed E-state index contributed by atoms with van der Waals surface area (Å²) in [6.07, 6.45) is 3.22. The maximum Gasteiger partial charge on any atom is 0.340 e. The Bertz CT molecular complexity index is 616. The summed E-state index contributed by atoms with van der Waals surface area (Å²) in [4.78, 5) is 22.3. The second kappa shape index (κ2) is 6.69. The van der Waals surface area contributed by atoms with Crippen molar-refractivity contribution in [3.05, 3.63) is 47.9 Å². The number of anilines is 2. The van der Waals surface area contributed by atoms with Crippen molar-refractivity contribution >= 4 is 17.5 Å². The number of nitrogen functional groups attached to an aromatic ring is 1. The van der Waals surface area contributed by atoms with E-state index in [1.807, 2.05) is 30.0 Å². The average molecular weight is 286 g/mol. The molecule has 2 aromatic rings. The molecule has 0 amide bonds. The molecule has 0 aliphatic rings. The van der Waals surface area contributed by atoms with Crippen molar-refractivity contribution in [3.63, 3.8) is 0 Å². The number of nitrogens with zero attached hydrogens (tertiary/aromatic N) is 3. The fraction of sp³-hybridized carbons (Fsp3) is 0.267. The average Bonchev–Trinajstić information content (AvgIpc) is 2.53. The zero-order valence-electron chi connectivity index (χ0n) is 12.1. The van der Waals surface area contributed by atoms with E-state index in [1.165, 1.54) is 13.3 Å². The van der Waals surface area contributed by atoms with Crippen molar-refractivity contribution in [3.8, 4) is 0 Å². The number of rotatable bonds is 5. The quantitative estimate of drug-likeness (QED) is 0.845. The predicted octanol–water partition coefficient (Wildman–Crippen LogP) is 1.87. The van der Waals surface area contributed by atoms with E-state index in [9.17, 15) is 4.79 Å². The molecule has 0 aliphatic heterocycles. The SMILES string of the molecule is CCN(Cc1ccccn1)c1cc(C(=O)OC)c(N)cn1. The van der Waals surface area contributed by atoms with Crippen LogP contribution in [0.3, 0.4) is 0 Å². The van der Waals surface area contributed by atoms with Crippen LogP contribution < -0.4 is 10.6 Å². The molecule has 21 heavy (non-hydrogen) atoms. The molecular weight excluding hydrogens is 268 g/mol. The summed E-state index contributed by atoms with van der Waals surface area (Å²) < 4.78 is 4.73. The molecule has 0 saturated carbocycles. The van der Waals surface area contributed by atoms with E-state index in [4.69, 9.17) is 10.5 Å². The lowest BCUT2D eigenvalue weighted by Crippen LogP contribution is -2.24. The first-order valence-corrected chi connectivity index (χ1v) is 6.64. The highest BCUT2D eigenvalue weighted by Gasteiger charge is 2.15. The van der Waals surface area contributed by atoms with Crippen LogP contribution in [0.1, 0.15) is 23.0 Å². The van der Waals surface area contributed by atoms with Gasteiger partial charge in [0.1, 0.15) is 5.82 Å². The number of esters is 1. The molecule has 2 N–H and O–H groups in total. The predicted molar refractivity (Wildman–Crippen MR) is 80.9 cm³/mol. The van der Waals surface area contributed by atoms with Gasteiger partial charge in [0, 0.05) is 12.7 Å². The van der Waals surface area contributed by atoms with Gasteiger partial charge < -0.3 is 15.4 Å². The minimum absolute atomic E-state index is 0.305. The van der Waals surface area contributed by atoms with Gasteiger partial charge in [-0.05, 0) is 25.1 Å². The van der Waals surface area contributed by atoms with Crippen LogP contribution >= 0.6 is 0 Å². The van der Waals surface area contributed by atoms with Crippen molar-refractivity contribution in [2.24, 2.45) is 0 Å². The lowest BCUT2D eigenvalue weighted by molar-refractivity contribution is 0.0602. The molecule has 6 nitrogen and oxygen atoms in total. The maximum absolute atomic E-state index is 11.7. The van der Waals surface area contributed by atoms with E-state index >= 15 is 0 Å². The Kier molecular flexibility index (Phi) is 4.71. The molecule has 0 aromatic carbocycles. The summed E-state index contributed by atoms with van der Waals surface area (Å²) in [7, 11) is 1.33. The Hall–Kier alpha value is -2.63. The molecule has 110 valence electrons. The molecule has 6 heteroatoms. The van der Waals surface area contributed by atoms with Crippen LogP contribution in [0, 0.1) is 0 Å². The van der Waals surface area contributed by atoms with Crippen LogP contribution in [-0.2, 0) is 11.3 Å². The molecule has 0 atom stereocenters. The van der Waals surface area contributed by atoms with Crippen molar-refractivity contribution in [2.75, 3.05) is 24.3 Å². The van der Waals surface area contributed by atoms with Crippen molar-refractivity contribution in [1.29, 1.82) is 0 Å². The lowest BCUT2D eigenvalue weighted by atomic mass is 10.2. The van der Waals surface area contributed by atoms with Crippen molar-refractivity contribution in [1.82, 2.24) is 9.97 Å². The Morgan fingerprint density at radius 1 is 1.38 bits per heavy atom. The Labute approximate surface area is 123 Å². The minimum atomic E-state index is -0.468. The smallest absolute Gasteiger partial charge is 0.340 e. The lowest BCUT2D eigenvalue weighted by Gasteiger charge is -2.22. The number of hydrogen-bond acceptors (Lipinski definition) is 6. The van der Waals surface area contributed by atoms with Gasteiger partial charge in [0.05, 0.1) is 36.8 Å². The number of ether oxygens (including phenoxy) is 1. The third kappa shape index (κ3) is 3.47. The highest BCUT2D eigenvalue weighted by atomic mass is 16.5. The number of aromatic nitrogens is 2. The molecule has 2 rings (SSSR count). The molecule has 0 unspecified atom stereocenters. The highest BCUT2D eigenvalue weighted by molar-refractivity contribution is 5.95. The zero-order valence-corrected chi connectivity index (χ0v) is 12.1. The summed E-state index contributed by atoms with van der Waals surface area (Å²) in [5.74, 6) is 0.197. The minimum Gasteiger partial charge on any atom is -0.465 e. The van der Waals surface area contributed by atoms with Crippen LogP contribution in [-0.4, -0.2) is 29.6 Å². The van der Waals surface area contributed by atoms with Gasteiger partial charge in [-0.25, -0.2) is 9.78 Å². The number of nitrogens with two attached hydrogens (primary N) is 1. The summed E-state index contributed by atoms with van der Waals surface area (Å²) in [5, 5.41) is 0. The summed E-state index contributed by atoms with van der Waals surface area (Å²) in [6, 6.07) is 7.40. The van der Waals surface area contributed by atoms with Gasteiger partial charge in [-0.2, -0.15) is 0 Å². The molecule has 2 heterocycles. The molecule has 0 spiro atoms. The van der Waals surface area contributed by atoms with Gasteiger partial charge in [0.2, 0.25) is 0 Å². The third-order valence-electron chi connectivity index (χ3n) is 3.11. The van der Waals surface area contributed by atoms with E-state index in [0.29, 0.717) is 23.6 Å². The molecule has 0 radical (unpaired) electrons. The Morgan fingerprint density at radius 2 is 2.19 bits per heavy atom. The molecule has 0 bridgehead atoms. The molecule has 0 fully saturated rings. The van der Waals surface area contributed by atoms with E-state index < -0.39 is 5.97 Å². The second-order valence-electron chi connectivity index (χ2n) is 4.46. The van der Waals surface area contributed by atoms with Gasteiger partial charge in [-0.1, -0.05) is 6.07 Å². The van der Waals surface area contributed by atoms with Crippen molar-refractivity contribution < 1.29 is 9.53 Å². The van der Waals surface area contributed by atoms with Gasteiger partial charge in [0.15, 0.2) is 0 Å². The number of carbonyl (C=O) groups excluding carboxylic acids is 1. The number of methoxy groups -OCH3 is 1. The normalized spacial score (nSPS) is 10.2. The largest absolute Gasteiger partial charge is 0.465 e. The number of carbonyl (C=O) groups is 1.